The number of carbonyl (C=O) groups is 1. The van der Waals surface area contributed by atoms with Gasteiger partial charge in [0.25, 0.3) is 0 Å². The quantitative estimate of drug-likeness (QED) is 0.710. The second-order valence-electron chi connectivity index (χ2n) is 6.68. The number of para-hydroxylation sites is 3. The van der Waals surface area contributed by atoms with Crippen LogP contribution in [0.15, 0.2) is 54.6 Å². The van der Waals surface area contributed by atoms with E-state index in [1.54, 1.807) is 18.2 Å². The van der Waals surface area contributed by atoms with E-state index in [1.165, 1.54) is 18.2 Å². The molecular formula is C22H25F2N3O2. The van der Waals surface area contributed by atoms with Gasteiger partial charge in [-0.1, -0.05) is 37.3 Å². The monoisotopic (exact) mass is 401 g/mol. The molecule has 0 atom stereocenters. The van der Waals surface area contributed by atoms with Crippen molar-refractivity contribution in [3.63, 3.8) is 0 Å². The summed E-state index contributed by atoms with van der Waals surface area (Å²) in [5.41, 5.74) is 2.11. The number of halogens is 2. The fourth-order valence-electron chi connectivity index (χ4n) is 3.32. The van der Waals surface area contributed by atoms with Gasteiger partial charge in [0.2, 0.25) is 5.91 Å². The third-order valence-electron chi connectivity index (χ3n) is 4.87. The van der Waals surface area contributed by atoms with Crippen molar-refractivity contribution in [2.75, 3.05) is 42.9 Å². The average Bonchev–Trinajstić information content (AvgIpc) is 2.73. The van der Waals surface area contributed by atoms with E-state index in [-0.39, 0.29) is 11.7 Å². The van der Waals surface area contributed by atoms with Gasteiger partial charge in [0.1, 0.15) is 5.75 Å². The van der Waals surface area contributed by atoms with Crippen molar-refractivity contribution in [2.45, 2.75) is 13.5 Å². The van der Waals surface area contributed by atoms with E-state index < -0.39 is 6.61 Å². The molecule has 2 aromatic carbocycles. The zero-order valence-corrected chi connectivity index (χ0v) is 16.4. The van der Waals surface area contributed by atoms with Gasteiger partial charge in [0.15, 0.2) is 0 Å². The molecule has 0 radical (unpaired) electrons. The van der Waals surface area contributed by atoms with Gasteiger partial charge < -0.3 is 19.9 Å². The SMILES string of the molecule is CCN1CCN(c2ccccc2NC(=O)/C=C/c2ccccc2OC(F)F)CC1. The Balaban J connectivity index is 1.68. The number of amides is 1. The molecule has 1 aliphatic rings. The second-order valence-corrected chi connectivity index (χ2v) is 6.68. The zero-order chi connectivity index (χ0) is 20.6. The van der Waals surface area contributed by atoms with Gasteiger partial charge in [0.05, 0.1) is 11.4 Å². The molecule has 1 N–H and O–H groups in total. The van der Waals surface area contributed by atoms with Crippen molar-refractivity contribution in [1.82, 2.24) is 4.90 Å². The van der Waals surface area contributed by atoms with Crippen LogP contribution >= 0.6 is 0 Å². The van der Waals surface area contributed by atoms with Gasteiger partial charge in [-0.05, 0) is 30.8 Å². The molecule has 154 valence electrons. The fraction of sp³-hybridized carbons (Fsp3) is 0.318. The molecule has 1 fully saturated rings. The molecule has 29 heavy (non-hydrogen) atoms. The van der Waals surface area contributed by atoms with Crippen molar-refractivity contribution in [3.05, 3.63) is 60.2 Å². The van der Waals surface area contributed by atoms with Gasteiger partial charge in [-0.25, -0.2) is 0 Å². The molecule has 5 nitrogen and oxygen atoms in total. The van der Waals surface area contributed by atoms with E-state index in [1.807, 2.05) is 24.3 Å². The number of likely N-dealkylation sites (N-methyl/N-ethyl adjacent to an activating group) is 1. The largest absolute Gasteiger partial charge is 0.434 e. The number of carbonyl (C=O) groups excluding carboxylic acids is 1. The number of piperazine rings is 1. The Hall–Kier alpha value is -2.93. The van der Waals surface area contributed by atoms with E-state index >= 15 is 0 Å². The van der Waals surface area contributed by atoms with Crippen molar-refractivity contribution < 1.29 is 18.3 Å². The molecule has 2 aromatic rings. The third kappa shape index (κ3) is 5.77. The highest BCUT2D eigenvalue weighted by atomic mass is 19.3. The molecule has 0 bridgehead atoms. The lowest BCUT2D eigenvalue weighted by Gasteiger charge is -2.36. The Kier molecular flexibility index (Phi) is 7.19. The predicted molar refractivity (Wildman–Crippen MR) is 112 cm³/mol. The number of nitrogens with one attached hydrogen (secondary N) is 1. The van der Waals surface area contributed by atoms with Crippen LogP contribution in [0.1, 0.15) is 12.5 Å². The van der Waals surface area contributed by atoms with Crippen LogP contribution in [0.5, 0.6) is 5.75 Å². The van der Waals surface area contributed by atoms with Crippen LogP contribution in [0.25, 0.3) is 6.08 Å². The van der Waals surface area contributed by atoms with Crippen molar-refractivity contribution in [2.24, 2.45) is 0 Å². The van der Waals surface area contributed by atoms with Gasteiger partial charge in [-0.3, -0.25) is 4.79 Å². The van der Waals surface area contributed by atoms with Crippen LogP contribution in [-0.4, -0.2) is 50.1 Å². The van der Waals surface area contributed by atoms with Gasteiger partial charge in [-0.15, -0.1) is 0 Å². The minimum absolute atomic E-state index is 0.0285. The van der Waals surface area contributed by atoms with E-state index in [9.17, 15) is 13.6 Å². The molecule has 0 saturated carbocycles. The number of hydrogen-bond donors (Lipinski definition) is 1. The van der Waals surface area contributed by atoms with Crippen molar-refractivity contribution in [3.8, 4) is 5.75 Å². The summed E-state index contributed by atoms with van der Waals surface area (Å²) in [4.78, 5) is 17.1. The summed E-state index contributed by atoms with van der Waals surface area (Å²) in [6.45, 7) is 4.04. The highest BCUT2D eigenvalue weighted by molar-refractivity contribution is 6.04. The number of anilines is 2. The van der Waals surface area contributed by atoms with Crippen LogP contribution < -0.4 is 15.0 Å². The van der Waals surface area contributed by atoms with E-state index in [4.69, 9.17) is 0 Å². The molecule has 0 aromatic heterocycles. The average molecular weight is 401 g/mol. The normalized spacial score (nSPS) is 15.1. The summed E-state index contributed by atoms with van der Waals surface area (Å²) in [5, 5.41) is 2.89. The minimum Gasteiger partial charge on any atom is -0.434 e. The first-order chi connectivity index (χ1) is 14.1. The lowest BCUT2D eigenvalue weighted by Crippen LogP contribution is -2.46. The number of rotatable bonds is 7. The van der Waals surface area contributed by atoms with E-state index in [0.29, 0.717) is 5.56 Å². The molecule has 1 heterocycles. The molecule has 7 heteroatoms. The molecule has 0 spiro atoms. The second kappa shape index (κ2) is 10.0. The summed E-state index contributed by atoms with van der Waals surface area (Å²) in [5.74, 6) is -0.308. The number of benzene rings is 2. The maximum Gasteiger partial charge on any atom is 0.387 e. The van der Waals surface area contributed by atoms with Crippen LogP contribution in [0, 0.1) is 0 Å². The molecule has 0 aliphatic carbocycles. The Bertz CT molecular complexity index is 849. The summed E-state index contributed by atoms with van der Waals surface area (Å²) in [7, 11) is 0. The number of hydrogen-bond acceptors (Lipinski definition) is 4. The molecular weight excluding hydrogens is 376 g/mol. The minimum atomic E-state index is -2.92. The lowest BCUT2D eigenvalue weighted by atomic mass is 10.2. The number of alkyl halides is 2. The number of ether oxygens (including phenoxy) is 1. The Morgan fingerprint density at radius 1 is 1.10 bits per heavy atom. The topological polar surface area (TPSA) is 44.8 Å². The Morgan fingerprint density at radius 2 is 1.79 bits per heavy atom. The first kappa shape index (κ1) is 20.8. The molecule has 3 rings (SSSR count). The molecule has 1 aliphatic heterocycles. The highest BCUT2D eigenvalue weighted by Crippen LogP contribution is 2.27. The maximum atomic E-state index is 12.5. The fourth-order valence-corrected chi connectivity index (χ4v) is 3.32. The lowest BCUT2D eigenvalue weighted by molar-refractivity contribution is -0.111. The molecule has 1 saturated heterocycles. The Labute approximate surface area is 169 Å². The summed E-state index contributed by atoms with van der Waals surface area (Å²) in [6.07, 6.45) is 2.79. The highest BCUT2D eigenvalue weighted by Gasteiger charge is 2.18. The van der Waals surface area contributed by atoms with Gasteiger partial charge >= 0.3 is 6.61 Å². The van der Waals surface area contributed by atoms with E-state index in [0.717, 1.165) is 44.1 Å². The number of nitrogens with zero attached hydrogens (tertiary/aromatic N) is 2. The standard InChI is InChI=1S/C22H25F2N3O2/c1-2-26-13-15-27(16-14-26)19-9-5-4-8-18(19)25-21(28)12-11-17-7-3-6-10-20(17)29-22(23)24/h3-12,22H,2,13-16H2,1H3,(H,25,28)/b12-11+. The molecule has 1 amide bonds. The summed E-state index contributed by atoms with van der Waals surface area (Å²) < 4.78 is 29.5. The first-order valence-electron chi connectivity index (χ1n) is 9.66. The zero-order valence-electron chi connectivity index (χ0n) is 16.4. The molecule has 0 unspecified atom stereocenters. The summed E-state index contributed by atoms with van der Waals surface area (Å²) in [6, 6.07) is 14.0. The van der Waals surface area contributed by atoms with Crippen LogP contribution in [0.3, 0.4) is 0 Å². The summed E-state index contributed by atoms with van der Waals surface area (Å²) >= 11 is 0. The maximum absolute atomic E-state index is 12.5. The first-order valence-corrected chi connectivity index (χ1v) is 9.66. The Morgan fingerprint density at radius 3 is 2.52 bits per heavy atom. The van der Waals surface area contributed by atoms with Crippen LogP contribution in [0.4, 0.5) is 20.2 Å². The van der Waals surface area contributed by atoms with Crippen LogP contribution in [0.2, 0.25) is 0 Å². The third-order valence-corrected chi connectivity index (χ3v) is 4.87. The van der Waals surface area contributed by atoms with Crippen molar-refractivity contribution in [1.29, 1.82) is 0 Å². The van der Waals surface area contributed by atoms with Gasteiger partial charge in [0, 0.05) is 37.8 Å². The van der Waals surface area contributed by atoms with Gasteiger partial charge in [-0.2, -0.15) is 8.78 Å². The predicted octanol–water partition coefficient (Wildman–Crippen LogP) is 4.08. The van der Waals surface area contributed by atoms with E-state index in [2.05, 4.69) is 26.8 Å². The van der Waals surface area contributed by atoms with Crippen LogP contribution in [-0.2, 0) is 4.79 Å². The van der Waals surface area contributed by atoms with Crippen molar-refractivity contribution >= 4 is 23.4 Å². The smallest absolute Gasteiger partial charge is 0.387 e.